The summed E-state index contributed by atoms with van der Waals surface area (Å²) in [5, 5.41) is 2.62. The highest BCUT2D eigenvalue weighted by Gasteiger charge is 2.18. The molecule has 0 bridgehead atoms. The molecule has 2 amide bonds. The van der Waals surface area contributed by atoms with Crippen LogP contribution in [-0.4, -0.2) is 68.5 Å². The summed E-state index contributed by atoms with van der Waals surface area (Å²) in [7, 11) is -3.34. The number of hydrogen-bond acceptors (Lipinski definition) is 5. The molecule has 2 rings (SSSR count). The van der Waals surface area contributed by atoms with Gasteiger partial charge in [0.25, 0.3) is 0 Å². The summed E-state index contributed by atoms with van der Waals surface area (Å²) in [6.07, 6.45) is 1.47. The van der Waals surface area contributed by atoms with Crippen LogP contribution in [0.15, 0.2) is 29.2 Å². The van der Waals surface area contributed by atoms with Crippen LogP contribution in [0, 0.1) is 0 Å². The Hall–Kier alpha value is -1.93. The van der Waals surface area contributed by atoms with E-state index in [1.807, 2.05) is 4.90 Å². The lowest BCUT2D eigenvalue weighted by Gasteiger charge is -2.20. The van der Waals surface area contributed by atoms with Gasteiger partial charge in [0.15, 0.2) is 9.84 Å². The molecule has 1 N–H and O–H groups in total. The Bertz CT molecular complexity index is 731. The maximum atomic E-state index is 12.5. The molecule has 0 spiro atoms. The zero-order valence-corrected chi connectivity index (χ0v) is 16.2. The molecular formula is C18H27N3O4S. The van der Waals surface area contributed by atoms with E-state index in [4.69, 9.17) is 0 Å². The first-order valence-electron chi connectivity index (χ1n) is 8.86. The summed E-state index contributed by atoms with van der Waals surface area (Å²) < 4.78 is 24.9. The number of carbonyl (C=O) groups is 2. The van der Waals surface area contributed by atoms with Crippen molar-refractivity contribution in [1.82, 2.24) is 9.80 Å². The summed E-state index contributed by atoms with van der Waals surface area (Å²) in [6, 6.07) is 6.24. The molecule has 26 heavy (non-hydrogen) atoms. The molecule has 0 atom stereocenters. The van der Waals surface area contributed by atoms with Gasteiger partial charge in [0, 0.05) is 39.2 Å². The fraction of sp³-hybridized carbons (Fsp3) is 0.556. The van der Waals surface area contributed by atoms with E-state index in [0.29, 0.717) is 25.2 Å². The van der Waals surface area contributed by atoms with E-state index in [2.05, 4.69) is 10.2 Å². The third-order valence-corrected chi connectivity index (χ3v) is 6.27. The van der Waals surface area contributed by atoms with Crippen LogP contribution in [0.1, 0.15) is 26.7 Å². The lowest BCUT2D eigenvalue weighted by atomic mass is 10.3. The van der Waals surface area contributed by atoms with Gasteiger partial charge in [-0.1, -0.05) is 0 Å². The molecule has 1 heterocycles. The number of nitrogens with one attached hydrogen (secondary N) is 1. The lowest BCUT2D eigenvalue weighted by molar-refractivity contribution is -0.128. The Labute approximate surface area is 155 Å². The van der Waals surface area contributed by atoms with Gasteiger partial charge in [0.2, 0.25) is 11.8 Å². The normalized spacial score (nSPS) is 16.2. The smallest absolute Gasteiger partial charge is 0.221 e. The van der Waals surface area contributed by atoms with Crippen LogP contribution in [-0.2, 0) is 19.4 Å². The van der Waals surface area contributed by atoms with E-state index in [0.717, 1.165) is 26.1 Å². The first-order valence-corrected chi connectivity index (χ1v) is 10.5. The summed E-state index contributed by atoms with van der Waals surface area (Å²) in [6.45, 7) is 6.83. The van der Waals surface area contributed by atoms with Gasteiger partial charge in [-0.25, -0.2) is 8.42 Å². The Morgan fingerprint density at radius 3 is 2.35 bits per heavy atom. The first-order chi connectivity index (χ1) is 12.3. The molecule has 1 saturated heterocycles. The first kappa shape index (κ1) is 20.4. The molecule has 1 aliphatic heterocycles. The van der Waals surface area contributed by atoms with Gasteiger partial charge in [-0.2, -0.15) is 0 Å². The van der Waals surface area contributed by atoms with Gasteiger partial charge < -0.3 is 15.1 Å². The minimum Gasteiger partial charge on any atom is -0.342 e. The third-order valence-electron chi connectivity index (χ3n) is 4.46. The van der Waals surface area contributed by atoms with Crippen LogP contribution in [0.5, 0.6) is 0 Å². The minimum absolute atomic E-state index is 0.0827. The van der Waals surface area contributed by atoms with Crippen LogP contribution in [0.3, 0.4) is 0 Å². The molecule has 8 heteroatoms. The predicted molar refractivity (Wildman–Crippen MR) is 101 cm³/mol. The zero-order chi connectivity index (χ0) is 19.2. The van der Waals surface area contributed by atoms with Gasteiger partial charge in [-0.3, -0.25) is 9.59 Å². The van der Waals surface area contributed by atoms with Gasteiger partial charge >= 0.3 is 0 Å². The topological polar surface area (TPSA) is 86.8 Å². The Morgan fingerprint density at radius 1 is 1.04 bits per heavy atom. The maximum absolute atomic E-state index is 12.5. The second kappa shape index (κ2) is 9.14. The van der Waals surface area contributed by atoms with E-state index in [-0.39, 0.29) is 22.5 Å². The molecule has 0 aliphatic carbocycles. The van der Waals surface area contributed by atoms with Crippen LogP contribution in [0.2, 0.25) is 0 Å². The van der Waals surface area contributed by atoms with Gasteiger partial charge in [-0.05, 0) is 50.2 Å². The van der Waals surface area contributed by atoms with Crippen molar-refractivity contribution in [3.05, 3.63) is 24.3 Å². The molecule has 1 fully saturated rings. The summed E-state index contributed by atoms with van der Waals surface area (Å²) in [4.78, 5) is 26.8. The number of benzene rings is 1. The van der Waals surface area contributed by atoms with Crippen molar-refractivity contribution in [3.8, 4) is 0 Å². The minimum atomic E-state index is -3.34. The number of nitrogens with zero attached hydrogens (tertiary/aromatic N) is 2. The largest absolute Gasteiger partial charge is 0.342 e. The molecule has 0 radical (unpaired) electrons. The van der Waals surface area contributed by atoms with Crippen molar-refractivity contribution in [2.45, 2.75) is 31.6 Å². The fourth-order valence-electron chi connectivity index (χ4n) is 3.05. The third kappa shape index (κ3) is 6.10. The van der Waals surface area contributed by atoms with E-state index in [1.165, 1.54) is 19.1 Å². The van der Waals surface area contributed by atoms with Gasteiger partial charge in [-0.15, -0.1) is 0 Å². The highest BCUT2D eigenvalue weighted by Crippen LogP contribution is 2.16. The maximum Gasteiger partial charge on any atom is 0.221 e. The van der Waals surface area contributed by atoms with Crippen LogP contribution < -0.4 is 5.32 Å². The van der Waals surface area contributed by atoms with E-state index >= 15 is 0 Å². The Morgan fingerprint density at radius 2 is 1.73 bits per heavy atom. The predicted octanol–water partition coefficient (Wildman–Crippen LogP) is 1.36. The van der Waals surface area contributed by atoms with Crippen molar-refractivity contribution in [2.24, 2.45) is 0 Å². The van der Waals surface area contributed by atoms with Crippen LogP contribution >= 0.6 is 0 Å². The molecule has 1 aromatic carbocycles. The molecular weight excluding hydrogens is 354 g/mol. The second-order valence-electron chi connectivity index (χ2n) is 6.58. The van der Waals surface area contributed by atoms with Gasteiger partial charge in [0.05, 0.1) is 10.6 Å². The molecule has 7 nitrogen and oxygen atoms in total. The summed E-state index contributed by atoms with van der Waals surface area (Å²) in [5.74, 6) is -0.0158. The highest BCUT2D eigenvalue weighted by atomic mass is 32.2. The molecule has 0 unspecified atom stereocenters. The number of carbonyl (C=O) groups excluding carboxylic acids is 2. The van der Waals surface area contributed by atoms with Crippen LogP contribution in [0.25, 0.3) is 0 Å². The summed E-state index contributed by atoms with van der Waals surface area (Å²) in [5.41, 5.74) is 0.580. The molecule has 0 saturated carbocycles. The second-order valence-corrected chi connectivity index (χ2v) is 8.69. The van der Waals surface area contributed by atoms with Crippen molar-refractivity contribution in [3.63, 3.8) is 0 Å². The SMILES string of the molecule is CC(=O)Nc1ccc(S(=O)(=O)CCCN2CCCN(C(C)=O)CC2)cc1. The van der Waals surface area contributed by atoms with Crippen molar-refractivity contribution in [1.29, 1.82) is 0 Å². The monoisotopic (exact) mass is 381 g/mol. The number of anilines is 1. The molecule has 1 aromatic rings. The van der Waals surface area contributed by atoms with Crippen molar-refractivity contribution < 1.29 is 18.0 Å². The number of hydrogen-bond donors (Lipinski definition) is 1. The van der Waals surface area contributed by atoms with Gasteiger partial charge in [0.1, 0.15) is 0 Å². The fourth-order valence-corrected chi connectivity index (χ4v) is 4.35. The molecule has 144 valence electrons. The average Bonchev–Trinajstić information content (AvgIpc) is 2.80. The standard InChI is InChI=1S/C18H27N3O4S/c1-15(22)19-17-5-7-18(8-6-17)26(24,25)14-4-10-20-9-3-11-21(13-12-20)16(2)23/h5-8H,3-4,9-14H2,1-2H3,(H,19,22). The number of amides is 2. The number of sulfone groups is 1. The zero-order valence-electron chi connectivity index (χ0n) is 15.4. The van der Waals surface area contributed by atoms with E-state index < -0.39 is 9.84 Å². The Kier molecular flexibility index (Phi) is 7.16. The van der Waals surface area contributed by atoms with Crippen molar-refractivity contribution >= 4 is 27.3 Å². The highest BCUT2D eigenvalue weighted by molar-refractivity contribution is 7.91. The quantitative estimate of drug-likeness (QED) is 0.804. The molecule has 0 aromatic heterocycles. The molecule has 1 aliphatic rings. The van der Waals surface area contributed by atoms with E-state index in [1.54, 1.807) is 19.1 Å². The number of rotatable bonds is 6. The average molecular weight is 381 g/mol. The lowest BCUT2D eigenvalue weighted by Crippen LogP contribution is -2.34. The van der Waals surface area contributed by atoms with Crippen molar-refractivity contribution in [2.75, 3.05) is 43.8 Å². The Balaban J connectivity index is 1.84. The summed E-state index contributed by atoms with van der Waals surface area (Å²) >= 11 is 0. The van der Waals surface area contributed by atoms with E-state index in [9.17, 15) is 18.0 Å². The van der Waals surface area contributed by atoms with Crippen LogP contribution in [0.4, 0.5) is 5.69 Å².